The third-order valence-electron chi connectivity index (χ3n) is 5.24. The number of aromatic nitrogens is 3. The van der Waals surface area contributed by atoms with E-state index in [-0.39, 0.29) is 11.7 Å². The minimum absolute atomic E-state index is 0.0276. The van der Waals surface area contributed by atoms with Gasteiger partial charge in [0.15, 0.2) is 0 Å². The summed E-state index contributed by atoms with van der Waals surface area (Å²) in [6.07, 6.45) is 1.70. The molecule has 0 radical (unpaired) electrons. The summed E-state index contributed by atoms with van der Waals surface area (Å²) in [7, 11) is 3.29. The molecule has 2 amide bonds. The number of fused-ring (bicyclic) bond motifs is 1. The molecule has 0 aliphatic carbocycles. The number of rotatable bonds is 5. The van der Waals surface area contributed by atoms with Crippen LogP contribution in [0.5, 0.6) is 5.75 Å². The van der Waals surface area contributed by atoms with Crippen molar-refractivity contribution in [1.29, 1.82) is 0 Å². The molecule has 0 fully saturated rings. The van der Waals surface area contributed by atoms with E-state index >= 15 is 0 Å². The molecule has 1 atom stereocenters. The highest BCUT2D eigenvalue weighted by molar-refractivity contribution is 6.02. The van der Waals surface area contributed by atoms with Crippen LogP contribution >= 0.6 is 0 Å². The van der Waals surface area contributed by atoms with Crippen LogP contribution in [-0.4, -0.2) is 47.2 Å². The zero-order valence-corrected chi connectivity index (χ0v) is 16.9. The standard InChI is InChI=1S/C22H23N5O3/c1-27-18-13-16(30-2)10-8-15(18)9-11-17(22(27)29)23-21(28)20-24-19(25-26-20)12-14-6-4-3-5-7-14/h3-8,10,13,17H,9,11-12H2,1-2H3,(H,23,28)(H,24,25,26)/t17-/m0/s1. The number of H-pyrrole nitrogens is 1. The van der Waals surface area contributed by atoms with Gasteiger partial charge in [0.2, 0.25) is 11.7 Å². The number of likely N-dealkylation sites (N-methyl/N-ethyl adjacent to an activating group) is 1. The number of hydrogen-bond acceptors (Lipinski definition) is 5. The fraction of sp³-hybridized carbons (Fsp3) is 0.273. The van der Waals surface area contributed by atoms with Gasteiger partial charge in [0.25, 0.3) is 5.91 Å². The zero-order chi connectivity index (χ0) is 21.1. The van der Waals surface area contributed by atoms with E-state index in [9.17, 15) is 9.59 Å². The number of benzene rings is 2. The van der Waals surface area contributed by atoms with Crippen molar-refractivity contribution < 1.29 is 14.3 Å². The van der Waals surface area contributed by atoms with Crippen LogP contribution in [0.1, 0.15) is 34.0 Å². The molecule has 2 N–H and O–H groups in total. The second-order valence-corrected chi connectivity index (χ2v) is 7.22. The molecule has 30 heavy (non-hydrogen) atoms. The van der Waals surface area contributed by atoms with E-state index in [4.69, 9.17) is 4.74 Å². The number of carbonyl (C=O) groups is 2. The second-order valence-electron chi connectivity index (χ2n) is 7.22. The summed E-state index contributed by atoms with van der Waals surface area (Å²) in [5.74, 6) is 0.647. The normalized spacial score (nSPS) is 16.0. The van der Waals surface area contributed by atoms with Gasteiger partial charge in [0, 0.05) is 19.5 Å². The van der Waals surface area contributed by atoms with Gasteiger partial charge in [-0.25, -0.2) is 4.98 Å². The maximum atomic E-state index is 12.9. The van der Waals surface area contributed by atoms with Gasteiger partial charge in [-0.2, -0.15) is 0 Å². The van der Waals surface area contributed by atoms with E-state index in [2.05, 4.69) is 20.5 Å². The van der Waals surface area contributed by atoms with Crippen LogP contribution in [0.4, 0.5) is 5.69 Å². The predicted molar refractivity (Wildman–Crippen MR) is 112 cm³/mol. The highest BCUT2D eigenvalue weighted by Crippen LogP contribution is 2.30. The molecule has 8 heteroatoms. The number of aromatic amines is 1. The first kappa shape index (κ1) is 19.6. The van der Waals surface area contributed by atoms with Crippen LogP contribution in [0.15, 0.2) is 48.5 Å². The number of ether oxygens (including phenoxy) is 1. The summed E-state index contributed by atoms with van der Waals surface area (Å²) in [5.41, 5.74) is 2.89. The molecule has 0 spiro atoms. The van der Waals surface area contributed by atoms with Crippen molar-refractivity contribution in [3.8, 4) is 5.75 Å². The van der Waals surface area contributed by atoms with Crippen LogP contribution in [0.2, 0.25) is 0 Å². The molecule has 2 aromatic carbocycles. The average molecular weight is 405 g/mol. The van der Waals surface area contributed by atoms with Gasteiger partial charge in [0.05, 0.1) is 12.8 Å². The fourth-order valence-corrected chi connectivity index (χ4v) is 3.59. The van der Waals surface area contributed by atoms with E-state index in [0.29, 0.717) is 30.8 Å². The summed E-state index contributed by atoms with van der Waals surface area (Å²) in [6, 6.07) is 14.8. The Labute approximate surface area is 174 Å². The van der Waals surface area contributed by atoms with Gasteiger partial charge in [-0.15, -0.1) is 5.10 Å². The largest absolute Gasteiger partial charge is 0.497 e. The van der Waals surface area contributed by atoms with Crippen LogP contribution in [0.25, 0.3) is 0 Å². The lowest BCUT2D eigenvalue weighted by Gasteiger charge is -2.22. The Morgan fingerprint density at radius 1 is 1.27 bits per heavy atom. The quantitative estimate of drug-likeness (QED) is 0.677. The van der Waals surface area contributed by atoms with Gasteiger partial charge >= 0.3 is 0 Å². The van der Waals surface area contributed by atoms with Crippen molar-refractivity contribution in [2.45, 2.75) is 25.3 Å². The molecular formula is C22H23N5O3. The first-order valence-corrected chi connectivity index (χ1v) is 9.75. The van der Waals surface area contributed by atoms with Crippen molar-refractivity contribution in [3.63, 3.8) is 0 Å². The minimum Gasteiger partial charge on any atom is -0.497 e. The molecule has 0 unspecified atom stereocenters. The van der Waals surface area contributed by atoms with Gasteiger partial charge in [-0.3, -0.25) is 14.7 Å². The summed E-state index contributed by atoms with van der Waals surface area (Å²) >= 11 is 0. The molecule has 0 saturated carbocycles. The van der Waals surface area contributed by atoms with E-state index in [1.165, 1.54) is 0 Å². The van der Waals surface area contributed by atoms with Crippen molar-refractivity contribution in [2.24, 2.45) is 0 Å². The second kappa shape index (κ2) is 8.36. The summed E-state index contributed by atoms with van der Waals surface area (Å²) in [5, 5.41) is 9.61. The van der Waals surface area contributed by atoms with Crippen molar-refractivity contribution in [1.82, 2.24) is 20.5 Å². The summed E-state index contributed by atoms with van der Waals surface area (Å²) in [6.45, 7) is 0. The summed E-state index contributed by atoms with van der Waals surface area (Å²) in [4.78, 5) is 31.5. The number of anilines is 1. The lowest BCUT2D eigenvalue weighted by molar-refractivity contribution is -0.120. The van der Waals surface area contributed by atoms with Gasteiger partial charge in [0.1, 0.15) is 17.6 Å². The lowest BCUT2D eigenvalue weighted by atomic mass is 10.1. The fourth-order valence-electron chi connectivity index (χ4n) is 3.59. The van der Waals surface area contributed by atoms with Gasteiger partial charge in [-0.1, -0.05) is 36.4 Å². The molecule has 3 aromatic rings. The Morgan fingerprint density at radius 3 is 2.83 bits per heavy atom. The number of carbonyl (C=O) groups excluding carboxylic acids is 2. The summed E-state index contributed by atoms with van der Waals surface area (Å²) < 4.78 is 5.27. The molecule has 0 bridgehead atoms. The number of amides is 2. The van der Waals surface area contributed by atoms with E-state index in [1.54, 1.807) is 19.1 Å². The highest BCUT2D eigenvalue weighted by atomic mass is 16.5. The number of hydrogen-bond donors (Lipinski definition) is 2. The minimum atomic E-state index is -0.656. The Kier molecular flexibility index (Phi) is 5.47. The van der Waals surface area contributed by atoms with E-state index < -0.39 is 11.9 Å². The predicted octanol–water partition coefficient (Wildman–Crippen LogP) is 2.11. The topological polar surface area (TPSA) is 100 Å². The van der Waals surface area contributed by atoms with Crippen molar-refractivity contribution in [3.05, 3.63) is 71.3 Å². The Balaban J connectivity index is 1.45. The van der Waals surface area contributed by atoms with Gasteiger partial charge < -0.3 is 15.0 Å². The molecule has 2 heterocycles. The number of methoxy groups -OCH3 is 1. The molecule has 1 aliphatic heterocycles. The molecule has 1 aliphatic rings. The maximum absolute atomic E-state index is 12.9. The maximum Gasteiger partial charge on any atom is 0.291 e. The zero-order valence-electron chi connectivity index (χ0n) is 16.9. The Hall–Kier alpha value is -3.68. The van der Waals surface area contributed by atoms with E-state index in [1.807, 2.05) is 48.5 Å². The number of nitrogens with zero attached hydrogens (tertiary/aromatic N) is 3. The van der Waals surface area contributed by atoms with E-state index in [0.717, 1.165) is 16.8 Å². The molecule has 154 valence electrons. The first-order chi connectivity index (χ1) is 14.5. The number of nitrogens with one attached hydrogen (secondary N) is 2. The molecule has 1 aromatic heterocycles. The smallest absolute Gasteiger partial charge is 0.291 e. The molecule has 0 saturated heterocycles. The van der Waals surface area contributed by atoms with Crippen LogP contribution in [0.3, 0.4) is 0 Å². The van der Waals surface area contributed by atoms with Crippen molar-refractivity contribution >= 4 is 17.5 Å². The third-order valence-corrected chi connectivity index (χ3v) is 5.24. The van der Waals surface area contributed by atoms with Crippen LogP contribution < -0.4 is 15.0 Å². The Bertz CT molecular complexity index is 1060. The van der Waals surface area contributed by atoms with Crippen molar-refractivity contribution in [2.75, 3.05) is 19.1 Å². The monoisotopic (exact) mass is 405 g/mol. The molecular weight excluding hydrogens is 382 g/mol. The van der Waals surface area contributed by atoms with Crippen LogP contribution in [0, 0.1) is 0 Å². The molecule has 8 nitrogen and oxygen atoms in total. The van der Waals surface area contributed by atoms with Crippen LogP contribution in [-0.2, 0) is 17.6 Å². The average Bonchev–Trinajstić information content (AvgIpc) is 3.20. The lowest BCUT2D eigenvalue weighted by Crippen LogP contribution is -2.47. The third kappa shape index (κ3) is 4.03. The SMILES string of the molecule is COc1ccc2c(c1)N(C)C(=O)[C@@H](NC(=O)c1n[nH]c(Cc3ccccc3)n1)CC2. The van der Waals surface area contributed by atoms with Gasteiger partial charge in [-0.05, 0) is 30.0 Å². The number of aryl methyl sites for hydroxylation is 1. The Morgan fingerprint density at radius 2 is 2.07 bits per heavy atom. The first-order valence-electron chi connectivity index (χ1n) is 9.75. The molecule has 4 rings (SSSR count). The highest BCUT2D eigenvalue weighted by Gasteiger charge is 2.30.